The summed E-state index contributed by atoms with van der Waals surface area (Å²) in [6, 6.07) is 6.38. The van der Waals surface area contributed by atoms with Gasteiger partial charge in [-0.1, -0.05) is 12.1 Å². The van der Waals surface area contributed by atoms with Gasteiger partial charge in [0.25, 0.3) is 0 Å². The maximum absolute atomic E-state index is 13.8. The molecule has 0 aliphatic heterocycles. The summed E-state index contributed by atoms with van der Waals surface area (Å²) in [4.78, 5) is 0. The van der Waals surface area contributed by atoms with Crippen LogP contribution in [0.3, 0.4) is 0 Å². The van der Waals surface area contributed by atoms with Crippen LogP contribution in [0, 0.1) is 12.7 Å². The fraction of sp³-hybridized carbons (Fsp3) is 0.167. The average molecular weight is 284 g/mol. The molecule has 0 fully saturated rings. The number of rotatable bonds is 2. The topological polar surface area (TPSA) is 39.2 Å². The van der Waals surface area contributed by atoms with Crippen molar-refractivity contribution >= 4 is 15.9 Å². The summed E-state index contributed by atoms with van der Waals surface area (Å²) in [5, 5.41) is 0. The maximum Gasteiger partial charge on any atom is 0.142 e. The van der Waals surface area contributed by atoms with E-state index in [1.165, 1.54) is 0 Å². The molecule has 1 atom stereocenters. The Kier molecular flexibility index (Phi) is 3.12. The van der Waals surface area contributed by atoms with E-state index in [-0.39, 0.29) is 5.82 Å². The number of furan rings is 1. The Labute approximate surface area is 101 Å². The van der Waals surface area contributed by atoms with E-state index in [2.05, 4.69) is 15.9 Å². The number of benzene rings is 1. The molecule has 4 heteroatoms. The molecule has 0 aliphatic rings. The van der Waals surface area contributed by atoms with Gasteiger partial charge in [-0.05, 0) is 35.0 Å². The van der Waals surface area contributed by atoms with Crippen LogP contribution in [-0.4, -0.2) is 0 Å². The summed E-state index contributed by atoms with van der Waals surface area (Å²) < 4.78 is 19.4. The Morgan fingerprint density at radius 1 is 1.44 bits per heavy atom. The lowest BCUT2D eigenvalue weighted by atomic mass is 10.0. The molecule has 2 N–H and O–H groups in total. The van der Waals surface area contributed by atoms with E-state index >= 15 is 0 Å². The Bertz CT molecular complexity index is 509. The summed E-state index contributed by atoms with van der Waals surface area (Å²) in [5.41, 5.74) is 7.21. The number of aryl methyl sites for hydroxylation is 1. The van der Waals surface area contributed by atoms with E-state index in [1.807, 2.05) is 13.0 Å². The van der Waals surface area contributed by atoms with Crippen molar-refractivity contribution in [3.8, 4) is 0 Å². The van der Waals surface area contributed by atoms with Crippen molar-refractivity contribution in [3.05, 3.63) is 57.7 Å². The molecule has 2 aromatic rings. The van der Waals surface area contributed by atoms with Crippen LogP contribution in [0.5, 0.6) is 0 Å². The molecule has 1 aromatic carbocycles. The second kappa shape index (κ2) is 4.39. The van der Waals surface area contributed by atoms with Gasteiger partial charge in [-0.3, -0.25) is 0 Å². The number of nitrogens with two attached hydrogens (primary N) is 1. The molecule has 0 amide bonds. The van der Waals surface area contributed by atoms with Crippen LogP contribution >= 0.6 is 15.9 Å². The highest BCUT2D eigenvalue weighted by Gasteiger charge is 2.16. The van der Waals surface area contributed by atoms with Crippen molar-refractivity contribution < 1.29 is 8.81 Å². The standard InChI is InChI=1S/C12H11BrFNO/c1-7-5-8(6-16-7)12(15)9-3-2-4-10(13)11(9)14/h2-6,12H,15H2,1H3. The van der Waals surface area contributed by atoms with Crippen LogP contribution in [-0.2, 0) is 0 Å². The van der Waals surface area contributed by atoms with E-state index in [9.17, 15) is 4.39 Å². The Morgan fingerprint density at radius 3 is 2.81 bits per heavy atom. The first-order valence-electron chi connectivity index (χ1n) is 4.84. The highest BCUT2D eigenvalue weighted by atomic mass is 79.9. The van der Waals surface area contributed by atoms with E-state index in [1.54, 1.807) is 24.5 Å². The van der Waals surface area contributed by atoms with Gasteiger partial charge in [0.1, 0.15) is 11.6 Å². The first kappa shape index (κ1) is 11.4. The average Bonchev–Trinajstić information content (AvgIpc) is 2.68. The van der Waals surface area contributed by atoms with Crippen molar-refractivity contribution in [2.45, 2.75) is 13.0 Å². The van der Waals surface area contributed by atoms with Crippen molar-refractivity contribution in [2.75, 3.05) is 0 Å². The second-order valence-corrected chi connectivity index (χ2v) is 4.47. The lowest BCUT2D eigenvalue weighted by Crippen LogP contribution is -2.13. The smallest absolute Gasteiger partial charge is 0.142 e. The molecular formula is C12H11BrFNO. The van der Waals surface area contributed by atoms with Crippen molar-refractivity contribution in [2.24, 2.45) is 5.73 Å². The first-order valence-corrected chi connectivity index (χ1v) is 5.63. The quantitative estimate of drug-likeness (QED) is 0.916. The normalized spacial score (nSPS) is 12.8. The molecule has 0 aliphatic carbocycles. The lowest BCUT2D eigenvalue weighted by molar-refractivity contribution is 0.529. The highest BCUT2D eigenvalue weighted by Crippen LogP contribution is 2.27. The molecule has 16 heavy (non-hydrogen) atoms. The van der Waals surface area contributed by atoms with Gasteiger partial charge in [0, 0.05) is 11.1 Å². The summed E-state index contributed by atoms with van der Waals surface area (Å²) >= 11 is 3.14. The van der Waals surface area contributed by atoms with Gasteiger partial charge in [0.2, 0.25) is 0 Å². The Balaban J connectivity index is 2.41. The molecular weight excluding hydrogens is 273 g/mol. The van der Waals surface area contributed by atoms with Crippen molar-refractivity contribution in [3.63, 3.8) is 0 Å². The first-order chi connectivity index (χ1) is 7.59. The van der Waals surface area contributed by atoms with Gasteiger partial charge in [-0.2, -0.15) is 0 Å². The third kappa shape index (κ3) is 2.03. The molecule has 0 spiro atoms. The second-order valence-electron chi connectivity index (χ2n) is 3.61. The number of hydrogen-bond acceptors (Lipinski definition) is 2. The highest BCUT2D eigenvalue weighted by molar-refractivity contribution is 9.10. The minimum absolute atomic E-state index is 0.325. The van der Waals surface area contributed by atoms with Crippen molar-refractivity contribution in [1.29, 1.82) is 0 Å². The summed E-state index contributed by atoms with van der Waals surface area (Å²) in [5.74, 6) is 0.440. The lowest BCUT2D eigenvalue weighted by Gasteiger charge is -2.11. The van der Waals surface area contributed by atoms with Gasteiger partial charge in [0.05, 0.1) is 16.8 Å². The van der Waals surface area contributed by atoms with Crippen LogP contribution < -0.4 is 5.73 Å². The summed E-state index contributed by atoms with van der Waals surface area (Å²) in [7, 11) is 0. The Morgan fingerprint density at radius 2 is 2.19 bits per heavy atom. The molecule has 1 aromatic heterocycles. The largest absolute Gasteiger partial charge is 0.469 e. The zero-order valence-corrected chi connectivity index (χ0v) is 10.3. The zero-order chi connectivity index (χ0) is 11.7. The third-order valence-electron chi connectivity index (χ3n) is 2.43. The van der Waals surface area contributed by atoms with E-state index in [0.717, 1.165) is 11.3 Å². The molecule has 1 unspecified atom stereocenters. The van der Waals surface area contributed by atoms with Gasteiger partial charge >= 0.3 is 0 Å². The summed E-state index contributed by atoms with van der Waals surface area (Å²) in [6.07, 6.45) is 1.56. The molecule has 2 rings (SSSR count). The van der Waals surface area contributed by atoms with Crippen molar-refractivity contribution in [1.82, 2.24) is 0 Å². The third-order valence-corrected chi connectivity index (χ3v) is 3.04. The molecule has 2 nitrogen and oxygen atoms in total. The van der Waals surface area contributed by atoms with Crippen LogP contribution in [0.15, 0.2) is 39.4 Å². The molecule has 0 saturated heterocycles. The van der Waals surface area contributed by atoms with Crippen LogP contribution in [0.4, 0.5) is 4.39 Å². The minimum atomic E-state index is -0.505. The van der Waals surface area contributed by atoms with Gasteiger partial charge < -0.3 is 10.2 Å². The van der Waals surface area contributed by atoms with E-state index < -0.39 is 6.04 Å². The van der Waals surface area contributed by atoms with E-state index in [4.69, 9.17) is 10.2 Å². The monoisotopic (exact) mass is 283 g/mol. The molecule has 84 valence electrons. The minimum Gasteiger partial charge on any atom is -0.469 e. The molecule has 0 saturated carbocycles. The molecule has 0 bridgehead atoms. The van der Waals surface area contributed by atoms with Gasteiger partial charge in [0.15, 0.2) is 0 Å². The number of hydrogen-bond donors (Lipinski definition) is 1. The van der Waals surface area contributed by atoms with Crippen LogP contribution in [0.25, 0.3) is 0 Å². The predicted octanol–water partition coefficient (Wildman–Crippen LogP) is 3.54. The maximum atomic E-state index is 13.8. The summed E-state index contributed by atoms with van der Waals surface area (Å²) in [6.45, 7) is 1.83. The fourth-order valence-electron chi connectivity index (χ4n) is 1.57. The predicted molar refractivity (Wildman–Crippen MR) is 63.6 cm³/mol. The number of halogens is 2. The van der Waals surface area contributed by atoms with Gasteiger partial charge in [-0.25, -0.2) is 4.39 Å². The van der Waals surface area contributed by atoms with Crippen LogP contribution in [0.2, 0.25) is 0 Å². The molecule has 0 radical (unpaired) electrons. The Hall–Kier alpha value is -1.13. The van der Waals surface area contributed by atoms with Gasteiger partial charge in [-0.15, -0.1) is 0 Å². The molecule has 1 heterocycles. The fourth-order valence-corrected chi connectivity index (χ4v) is 1.95. The van der Waals surface area contributed by atoms with E-state index in [0.29, 0.717) is 10.0 Å². The SMILES string of the molecule is Cc1cc(C(N)c2cccc(Br)c2F)co1. The zero-order valence-electron chi connectivity index (χ0n) is 8.71. The van der Waals surface area contributed by atoms with Crippen LogP contribution in [0.1, 0.15) is 22.9 Å².